The maximum Gasteiger partial charge on any atom is 0.245 e. The molecule has 92 valence electrons. The number of hydrazone groups is 2. The van der Waals surface area contributed by atoms with Gasteiger partial charge in [-0.25, -0.2) is 0 Å². The first kappa shape index (κ1) is 13.0. The molecule has 0 fully saturated rings. The van der Waals surface area contributed by atoms with Crippen molar-refractivity contribution >= 4 is 12.2 Å². The highest BCUT2D eigenvalue weighted by molar-refractivity contribution is 5.77. The number of hydrogen-bond donors (Lipinski definition) is 3. The number of benzene rings is 1. The van der Waals surface area contributed by atoms with E-state index in [-0.39, 0.29) is 5.96 Å². The molecule has 0 atom stereocenters. The Hall–Kier alpha value is -2.04. The van der Waals surface area contributed by atoms with Crippen molar-refractivity contribution in [3.8, 4) is 0 Å². The van der Waals surface area contributed by atoms with Crippen LogP contribution in [0.1, 0.15) is 19.4 Å². The van der Waals surface area contributed by atoms with Gasteiger partial charge in [0.05, 0.1) is 13.1 Å². The van der Waals surface area contributed by atoms with Crippen molar-refractivity contribution in [2.75, 3.05) is 13.1 Å². The highest BCUT2D eigenvalue weighted by Crippen LogP contribution is 1.95. The zero-order chi connectivity index (χ0) is 12.7. The van der Waals surface area contributed by atoms with Crippen LogP contribution in [0.3, 0.4) is 0 Å². The Morgan fingerprint density at radius 3 is 2.41 bits per heavy atom. The van der Waals surface area contributed by atoms with Crippen LogP contribution >= 0.6 is 0 Å². The SMILES string of the molecule is CCN(CC)[N+](=Cc1ccccc1)NC(=N)N. The second-order valence-electron chi connectivity index (χ2n) is 3.55. The zero-order valence-corrected chi connectivity index (χ0v) is 10.4. The third kappa shape index (κ3) is 4.14. The second kappa shape index (κ2) is 6.52. The molecule has 5 heteroatoms. The lowest BCUT2D eigenvalue weighted by Crippen LogP contribution is -2.49. The van der Waals surface area contributed by atoms with E-state index >= 15 is 0 Å². The molecule has 1 rings (SSSR count). The van der Waals surface area contributed by atoms with Gasteiger partial charge in [0.1, 0.15) is 0 Å². The monoisotopic (exact) mass is 234 g/mol. The highest BCUT2D eigenvalue weighted by atomic mass is 15.7. The summed E-state index contributed by atoms with van der Waals surface area (Å²) in [6.45, 7) is 5.77. The molecule has 0 saturated carbocycles. The molecule has 0 saturated heterocycles. The van der Waals surface area contributed by atoms with Gasteiger partial charge in [-0.1, -0.05) is 18.2 Å². The van der Waals surface area contributed by atoms with Crippen molar-refractivity contribution in [1.82, 2.24) is 10.4 Å². The van der Waals surface area contributed by atoms with Gasteiger partial charge >= 0.3 is 0 Å². The van der Waals surface area contributed by atoms with Crippen LogP contribution in [0.4, 0.5) is 0 Å². The summed E-state index contributed by atoms with van der Waals surface area (Å²) in [7, 11) is 0. The number of hydrogen-bond acceptors (Lipinski definition) is 2. The summed E-state index contributed by atoms with van der Waals surface area (Å²) in [4.78, 5) is 1.75. The largest absolute Gasteiger partial charge is 0.366 e. The molecule has 0 radical (unpaired) electrons. The van der Waals surface area contributed by atoms with E-state index in [1.165, 1.54) is 0 Å². The van der Waals surface area contributed by atoms with E-state index in [9.17, 15) is 0 Å². The second-order valence-corrected chi connectivity index (χ2v) is 3.55. The van der Waals surface area contributed by atoms with Gasteiger partial charge in [-0.3, -0.25) is 5.41 Å². The van der Waals surface area contributed by atoms with Gasteiger partial charge in [0.25, 0.3) is 0 Å². The van der Waals surface area contributed by atoms with Crippen LogP contribution in [0.2, 0.25) is 0 Å². The van der Waals surface area contributed by atoms with Crippen LogP contribution in [0.25, 0.3) is 0 Å². The van der Waals surface area contributed by atoms with E-state index in [0.29, 0.717) is 0 Å². The molecular formula is C12H20N5+. The highest BCUT2D eigenvalue weighted by Gasteiger charge is 2.13. The van der Waals surface area contributed by atoms with Crippen LogP contribution in [0, 0.1) is 5.41 Å². The molecule has 17 heavy (non-hydrogen) atoms. The van der Waals surface area contributed by atoms with Gasteiger partial charge in [0.15, 0.2) is 0 Å². The van der Waals surface area contributed by atoms with E-state index in [1.54, 1.807) is 4.79 Å². The van der Waals surface area contributed by atoms with Crippen LogP contribution in [-0.2, 0) is 0 Å². The maximum absolute atomic E-state index is 7.31. The topological polar surface area (TPSA) is 68.2 Å². The number of nitrogens with two attached hydrogens (primary N) is 1. The summed E-state index contributed by atoms with van der Waals surface area (Å²) < 4.78 is 0. The van der Waals surface area contributed by atoms with Gasteiger partial charge in [0.2, 0.25) is 12.2 Å². The van der Waals surface area contributed by atoms with Crippen LogP contribution < -0.4 is 11.2 Å². The molecule has 0 aliphatic heterocycles. The van der Waals surface area contributed by atoms with Crippen molar-refractivity contribution in [1.29, 1.82) is 5.41 Å². The number of guanidine groups is 1. The summed E-state index contributed by atoms with van der Waals surface area (Å²) in [6.07, 6.45) is 1.91. The Balaban J connectivity index is 2.96. The van der Waals surface area contributed by atoms with Gasteiger partial charge < -0.3 is 5.73 Å². The maximum atomic E-state index is 7.31. The summed E-state index contributed by atoms with van der Waals surface area (Å²) in [5.74, 6) is -0.0796. The summed E-state index contributed by atoms with van der Waals surface area (Å²) in [5, 5.41) is 9.35. The molecule has 0 aromatic heterocycles. The van der Waals surface area contributed by atoms with Crippen molar-refractivity contribution in [3.63, 3.8) is 0 Å². The van der Waals surface area contributed by atoms with E-state index in [1.807, 2.05) is 41.6 Å². The predicted molar refractivity (Wildman–Crippen MR) is 69.8 cm³/mol. The zero-order valence-electron chi connectivity index (χ0n) is 10.4. The van der Waals surface area contributed by atoms with Crippen LogP contribution in [-0.4, -0.2) is 35.1 Å². The van der Waals surface area contributed by atoms with E-state index in [4.69, 9.17) is 11.1 Å². The molecule has 1 aromatic carbocycles. The Bertz CT molecular complexity index is 381. The first-order valence-electron chi connectivity index (χ1n) is 5.72. The Labute approximate surface area is 102 Å². The number of nitrogens with zero attached hydrogens (tertiary/aromatic N) is 2. The van der Waals surface area contributed by atoms with Crippen molar-refractivity contribution < 1.29 is 4.79 Å². The van der Waals surface area contributed by atoms with Crippen LogP contribution in [0.15, 0.2) is 30.3 Å². The van der Waals surface area contributed by atoms with Crippen molar-refractivity contribution in [2.45, 2.75) is 13.8 Å². The first-order chi connectivity index (χ1) is 8.17. The molecule has 0 bridgehead atoms. The lowest BCUT2D eigenvalue weighted by molar-refractivity contribution is -0.720. The van der Waals surface area contributed by atoms with Gasteiger partial charge in [-0.15, -0.1) is 5.43 Å². The minimum atomic E-state index is -0.0796. The van der Waals surface area contributed by atoms with E-state index < -0.39 is 0 Å². The molecule has 0 spiro atoms. The number of nitrogens with one attached hydrogen (secondary N) is 2. The molecule has 0 heterocycles. The summed E-state index contributed by atoms with van der Waals surface area (Å²) in [6, 6.07) is 9.91. The standard InChI is InChI=1S/C12H20N5/c1-3-16(4-2)17(15-12(13)14)10-11-8-6-5-7-9-11/h5-10H,3-4H2,1-2H3,(H4,13,14,15)/q+1. The average molecular weight is 234 g/mol. The minimum Gasteiger partial charge on any atom is -0.366 e. The molecule has 0 amide bonds. The number of rotatable bonds is 5. The molecule has 4 N–H and O–H groups in total. The lowest BCUT2D eigenvalue weighted by Gasteiger charge is -2.16. The quantitative estimate of drug-likeness (QED) is 0.305. The Morgan fingerprint density at radius 1 is 1.35 bits per heavy atom. The molecular weight excluding hydrogens is 214 g/mol. The van der Waals surface area contributed by atoms with E-state index in [0.717, 1.165) is 18.7 Å². The fraction of sp³-hybridized carbons (Fsp3) is 0.333. The van der Waals surface area contributed by atoms with Crippen molar-refractivity contribution in [2.24, 2.45) is 5.73 Å². The summed E-state index contributed by atoms with van der Waals surface area (Å²) >= 11 is 0. The van der Waals surface area contributed by atoms with E-state index in [2.05, 4.69) is 19.3 Å². The van der Waals surface area contributed by atoms with Crippen molar-refractivity contribution in [3.05, 3.63) is 35.9 Å². The Kier molecular flexibility index (Phi) is 5.00. The number of hydrazine groups is 2. The fourth-order valence-electron chi connectivity index (χ4n) is 1.52. The third-order valence-corrected chi connectivity index (χ3v) is 2.34. The molecule has 1 aromatic rings. The third-order valence-electron chi connectivity index (χ3n) is 2.34. The fourth-order valence-corrected chi connectivity index (χ4v) is 1.52. The smallest absolute Gasteiger partial charge is 0.245 e. The van der Waals surface area contributed by atoms with Gasteiger partial charge in [-0.05, 0) is 26.0 Å². The Morgan fingerprint density at radius 2 is 1.94 bits per heavy atom. The average Bonchev–Trinajstić information content (AvgIpc) is 2.31. The minimum absolute atomic E-state index is 0.0796. The molecule has 0 aliphatic rings. The molecule has 0 unspecified atom stereocenters. The summed E-state index contributed by atoms with van der Waals surface area (Å²) in [5.41, 5.74) is 9.22. The lowest BCUT2D eigenvalue weighted by atomic mass is 10.2. The molecule has 5 nitrogen and oxygen atoms in total. The van der Waals surface area contributed by atoms with Crippen LogP contribution in [0.5, 0.6) is 0 Å². The first-order valence-corrected chi connectivity index (χ1v) is 5.72. The predicted octanol–water partition coefficient (Wildman–Crippen LogP) is 0.773. The molecule has 0 aliphatic carbocycles. The normalized spacial score (nSPS) is 11.1. The van der Waals surface area contributed by atoms with Gasteiger partial charge in [-0.2, -0.15) is 5.01 Å². The van der Waals surface area contributed by atoms with Gasteiger partial charge in [0, 0.05) is 10.4 Å².